The first-order chi connectivity index (χ1) is 18.3. The highest BCUT2D eigenvalue weighted by molar-refractivity contribution is 5.81. The Bertz CT molecular complexity index is 1330. The summed E-state index contributed by atoms with van der Waals surface area (Å²) in [7, 11) is 1.60. The highest BCUT2D eigenvalue weighted by Gasteiger charge is 2.31. The highest BCUT2D eigenvalue weighted by Crippen LogP contribution is 2.44. The quantitative estimate of drug-likeness (QED) is 0.351. The maximum atomic E-state index is 12.9. The van der Waals surface area contributed by atoms with Crippen LogP contribution in [-0.2, 0) is 26.8 Å². The Morgan fingerprint density at radius 3 is 1.95 bits per heavy atom. The molecule has 0 radical (unpaired) electrons. The van der Waals surface area contributed by atoms with Gasteiger partial charge in [0.15, 0.2) is 0 Å². The lowest BCUT2D eigenvalue weighted by Gasteiger charge is -2.29. The molecule has 0 saturated heterocycles. The first kappa shape index (κ1) is 28.2. The number of benzene rings is 3. The summed E-state index contributed by atoms with van der Waals surface area (Å²) in [4.78, 5) is 25.2. The third-order valence-corrected chi connectivity index (χ3v) is 7.40. The van der Waals surface area contributed by atoms with Crippen LogP contribution in [0.4, 0.5) is 4.79 Å². The van der Waals surface area contributed by atoms with Gasteiger partial charge in [0.05, 0.1) is 7.11 Å². The molecule has 1 atom stereocenters. The molecule has 1 aliphatic rings. The minimum atomic E-state index is -1.18. The maximum Gasteiger partial charge on any atom is 0.407 e. The van der Waals surface area contributed by atoms with Crippen molar-refractivity contribution in [3.05, 3.63) is 88.5 Å². The van der Waals surface area contributed by atoms with E-state index in [0.29, 0.717) is 5.75 Å². The molecule has 1 amide bonds. The molecule has 0 spiro atoms. The van der Waals surface area contributed by atoms with Crippen molar-refractivity contribution in [3.63, 3.8) is 0 Å². The molecule has 0 bridgehead atoms. The zero-order valence-electron chi connectivity index (χ0n) is 23.9. The third-order valence-electron chi connectivity index (χ3n) is 7.40. The van der Waals surface area contributed by atoms with Crippen LogP contribution in [-0.4, -0.2) is 36.9 Å². The number of amides is 1. The second-order valence-electron chi connectivity index (χ2n) is 12.3. The van der Waals surface area contributed by atoms with Gasteiger partial charge < -0.3 is 19.9 Å². The van der Waals surface area contributed by atoms with Gasteiger partial charge in [0, 0.05) is 17.9 Å². The van der Waals surface area contributed by atoms with Gasteiger partial charge in [-0.15, -0.1) is 0 Å². The lowest BCUT2D eigenvalue weighted by Crippen LogP contribution is -2.43. The number of nitrogens with one attached hydrogen (secondary N) is 1. The lowest BCUT2D eigenvalue weighted by atomic mass is 9.78. The first-order valence-electron chi connectivity index (χ1n) is 13.4. The minimum absolute atomic E-state index is 0.0652. The van der Waals surface area contributed by atoms with E-state index in [1.54, 1.807) is 7.11 Å². The van der Waals surface area contributed by atoms with Gasteiger partial charge in [-0.25, -0.2) is 9.59 Å². The fourth-order valence-electron chi connectivity index (χ4n) is 5.27. The number of carboxylic acids is 1. The van der Waals surface area contributed by atoms with E-state index in [1.807, 2.05) is 42.5 Å². The fourth-order valence-corrected chi connectivity index (χ4v) is 5.27. The van der Waals surface area contributed by atoms with Crippen LogP contribution >= 0.6 is 0 Å². The van der Waals surface area contributed by atoms with E-state index in [0.717, 1.165) is 38.9 Å². The average Bonchev–Trinajstić information content (AvgIpc) is 3.19. The average molecular weight is 530 g/mol. The summed E-state index contributed by atoms with van der Waals surface area (Å²) in [5.41, 5.74) is 6.89. The van der Waals surface area contributed by atoms with Gasteiger partial charge in [-0.1, -0.05) is 102 Å². The number of rotatable bonds is 7. The monoisotopic (exact) mass is 529 g/mol. The summed E-state index contributed by atoms with van der Waals surface area (Å²) in [5, 5.41) is 12.6. The predicted octanol–water partition coefficient (Wildman–Crippen LogP) is 6.82. The molecule has 3 aromatic rings. The van der Waals surface area contributed by atoms with Crippen LogP contribution in [0.25, 0.3) is 11.1 Å². The molecule has 0 saturated carbocycles. The molecule has 4 rings (SSSR count). The molecule has 0 fully saturated rings. The summed E-state index contributed by atoms with van der Waals surface area (Å²) in [6, 6.07) is 19.1. The first-order valence-corrected chi connectivity index (χ1v) is 13.4. The highest BCUT2D eigenvalue weighted by atomic mass is 16.5. The molecule has 1 aliphatic carbocycles. The van der Waals surface area contributed by atoms with Crippen LogP contribution in [0.5, 0.6) is 5.75 Å². The van der Waals surface area contributed by atoms with Gasteiger partial charge in [0.25, 0.3) is 0 Å². The number of ether oxygens (including phenoxy) is 2. The lowest BCUT2D eigenvalue weighted by molar-refractivity contribution is -0.139. The van der Waals surface area contributed by atoms with Gasteiger partial charge >= 0.3 is 12.1 Å². The Morgan fingerprint density at radius 2 is 1.46 bits per heavy atom. The second kappa shape index (κ2) is 10.8. The predicted molar refractivity (Wildman–Crippen MR) is 154 cm³/mol. The molecular formula is C33H39NO5. The zero-order valence-corrected chi connectivity index (χ0v) is 23.9. The number of methoxy groups -OCH3 is 1. The smallest absolute Gasteiger partial charge is 0.407 e. The summed E-state index contributed by atoms with van der Waals surface area (Å²) < 4.78 is 11.4. The van der Waals surface area contributed by atoms with E-state index in [9.17, 15) is 14.7 Å². The van der Waals surface area contributed by atoms with E-state index in [2.05, 4.69) is 65.1 Å². The van der Waals surface area contributed by atoms with Crippen molar-refractivity contribution in [2.75, 3.05) is 13.7 Å². The Morgan fingerprint density at radius 1 is 0.897 bits per heavy atom. The van der Waals surface area contributed by atoms with Gasteiger partial charge in [-0.3, -0.25) is 0 Å². The maximum absolute atomic E-state index is 12.9. The van der Waals surface area contributed by atoms with E-state index in [-0.39, 0.29) is 29.8 Å². The number of hydrogen-bond acceptors (Lipinski definition) is 4. The van der Waals surface area contributed by atoms with Gasteiger partial charge in [-0.2, -0.15) is 0 Å². The molecule has 6 nitrogen and oxygen atoms in total. The Hall–Kier alpha value is -3.80. The fraction of sp³-hybridized carbons (Fsp3) is 0.394. The molecule has 1 unspecified atom stereocenters. The second-order valence-corrected chi connectivity index (χ2v) is 12.3. The van der Waals surface area contributed by atoms with Crippen LogP contribution in [0.2, 0.25) is 0 Å². The van der Waals surface area contributed by atoms with Gasteiger partial charge in [-0.05, 0) is 44.2 Å². The van der Waals surface area contributed by atoms with Crippen LogP contribution in [0.1, 0.15) is 75.3 Å². The van der Waals surface area contributed by atoms with Gasteiger partial charge in [0.1, 0.15) is 18.4 Å². The van der Waals surface area contributed by atoms with Crippen molar-refractivity contribution in [1.29, 1.82) is 0 Å². The number of carbonyl (C=O) groups excluding carboxylic acids is 1. The number of fused-ring (bicyclic) bond motifs is 3. The Kier molecular flexibility index (Phi) is 7.78. The number of carbonyl (C=O) groups is 2. The number of alkyl carbamates (subject to hydrolysis) is 1. The normalized spacial score (nSPS) is 13.8. The van der Waals surface area contributed by atoms with E-state index in [1.165, 1.54) is 0 Å². The molecule has 0 aliphatic heterocycles. The van der Waals surface area contributed by atoms with Crippen molar-refractivity contribution in [2.24, 2.45) is 0 Å². The minimum Gasteiger partial charge on any atom is -0.496 e. The van der Waals surface area contributed by atoms with Crippen LogP contribution < -0.4 is 10.1 Å². The molecule has 39 heavy (non-hydrogen) atoms. The summed E-state index contributed by atoms with van der Waals surface area (Å²) in [6.45, 7) is 12.8. The molecule has 2 N–H and O–H groups in total. The summed E-state index contributed by atoms with van der Waals surface area (Å²) >= 11 is 0. The summed E-state index contributed by atoms with van der Waals surface area (Å²) in [5.74, 6) is -0.593. The number of carboxylic acid groups (broad SMARTS) is 1. The Balaban J connectivity index is 1.55. The molecule has 0 aromatic heterocycles. The van der Waals surface area contributed by atoms with Crippen molar-refractivity contribution >= 4 is 12.1 Å². The largest absolute Gasteiger partial charge is 0.496 e. The Labute approximate surface area is 231 Å². The molecule has 6 heteroatoms. The molecule has 0 heterocycles. The van der Waals surface area contributed by atoms with E-state index < -0.39 is 18.1 Å². The number of aliphatic carboxylic acids is 1. The van der Waals surface area contributed by atoms with Crippen molar-refractivity contribution in [2.45, 2.75) is 70.8 Å². The van der Waals surface area contributed by atoms with Crippen molar-refractivity contribution < 1.29 is 24.2 Å². The van der Waals surface area contributed by atoms with Crippen LogP contribution in [0.3, 0.4) is 0 Å². The third kappa shape index (κ3) is 5.95. The standard InChI is InChI=1S/C33H39NO5/c1-32(2,3)21-16-20(29(38-7)27(18-21)33(4,5)6)17-28(30(35)36)34-31(37)39-19-26-24-14-10-8-12-22(24)23-13-9-11-15-25(23)26/h8-16,18,26,28H,17,19H2,1-7H3,(H,34,37)(H,35,36). The van der Waals surface area contributed by atoms with Crippen LogP contribution in [0.15, 0.2) is 60.7 Å². The molecular weight excluding hydrogens is 490 g/mol. The summed E-state index contributed by atoms with van der Waals surface area (Å²) in [6.07, 6.45) is -0.693. The van der Waals surface area contributed by atoms with E-state index >= 15 is 0 Å². The van der Waals surface area contributed by atoms with Gasteiger partial charge in [0.2, 0.25) is 0 Å². The molecule has 206 valence electrons. The molecule has 3 aromatic carbocycles. The SMILES string of the molecule is COc1c(CC(NC(=O)OCC2c3ccccc3-c3ccccc32)C(=O)O)cc(C(C)(C)C)cc1C(C)(C)C. The van der Waals surface area contributed by atoms with Crippen molar-refractivity contribution in [3.8, 4) is 16.9 Å². The van der Waals surface area contributed by atoms with Crippen molar-refractivity contribution in [1.82, 2.24) is 5.32 Å². The zero-order chi connectivity index (χ0) is 28.5. The van der Waals surface area contributed by atoms with Crippen LogP contribution in [0, 0.1) is 0 Å². The topological polar surface area (TPSA) is 84.9 Å². The number of hydrogen-bond donors (Lipinski definition) is 2. The van der Waals surface area contributed by atoms with E-state index in [4.69, 9.17) is 9.47 Å².